The van der Waals surface area contributed by atoms with E-state index in [1.807, 2.05) is 6.92 Å². The number of amides is 1. The molecule has 1 unspecified atom stereocenters. The van der Waals surface area contributed by atoms with E-state index in [9.17, 15) is 13.6 Å². The Balaban J connectivity index is 1.94. The number of halogens is 2. The third kappa shape index (κ3) is 4.95. The monoisotopic (exact) mass is 356 g/mol. The van der Waals surface area contributed by atoms with Crippen molar-refractivity contribution in [2.24, 2.45) is 0 Å². The summed E-state index contributed by atoms with van der Waals surface area (Å²) in [6, 6.07) is 5.90. The van der Waals surface area contributed by atoms with Crippen LogP contribution in [0.1, 0.15) is 30.0 Å². The van der Waals surface area contributed by atoms with E-state index in [0.717, 1.165) is 5.69 Å². The Hall–Kier alpha value is -2.09. The molecule has 1 amide bonds. The van der Waals surface area contributed by atoms with E-state index in [4.69, 9.17) is 4.42 Å². The van der Waals surface area contributed by atoms with Crippen molar-refractivity contribution in [3.05, 3.63) is 41.3 Å². The Labute approximate surface area is 142 Å². The van der Waals surface area contributed by atoms with Crippen molar-refractivity contribution in [1.82, 2.24) is 10.3 Å². The molecule has 1 aromatic carbocycles. The molecule has 5 nitrogen and oxygen atoms in total. The lowest BCUT2D eigenvalue weighted by atomic mass is 10.1. The van der Waals surface area contributed by atoms with Gasteiger partial charge in [-0.25, -0.2) is 4.98 Å². The summed E-state index contributed by atoms with van der Waals surface area (Å²) in [5.74, 6) is 0.617. The van der Waals surface area contributed by atoms with Gasteiger partial charge in [0, 0.05) is 5.56 Å². The number of thioether (sulfide) groups is 1. The highest BCUT2D eigenvalue weighted by Gasteiger charge is 2.17. The third-order valence-electron chi connectivity index (χ3n) is 3.31. The lowest BCUT2D eigenvalue weighted by Gasteiger charge is -2.17. The van der Waals surface area contributed by atoms with Gasteiger partial charge in [0.05, 0.1) is 17.5 Å². The number of hydrogen-bond acceptors (Lipinski definition) is 5. The van der Waals surface area contributed by atoms with E-state index < -0.39 is 12.7 Å². The number of ether oxygens (including phenoxy) is 1. The second-order valence-electron chi connectivity index (χ2n) is 5.12. The van der Waals surface area contributed by atoms with Gasteiger partial charge in [0.2, 0.25) is 5.91 Å². The van der Waals surface area contributed by atoms with Crippen LogP contribution in [0.25, 0.3) is 0 Å². The van der Waals surface area contributed by atoms with Crippen LogP contribution in [0.15, 0.2) is 33.9 Å². The lowest BCUT2D eigenvalue weighted by molar-refractivity contribution is -0.119. The molecule has 1 aromatic heterocycles. The van der Waals surface area contributed by atoms with E-state index in [1.54, 1.807) is 32.0 Å². The number of hydrogen-bond donors (Lipinski definition) is 1. The van der Waals surface area contributed by atoms with Gasteiger partial charge < -0.3 is 14.5 Å². The summed E-state index contributed by atoms with van der Waals surface area (Å²) in [5, 5.41) is 3.17. The summed E-state index contributed by atoms with van der Waals surface area (Å²) in [6.45, 7) is 2.41. The van der Waals surface area contributed by atoms with Crippen LogP contribution in [-0.2, 0) is 4.79 Å². The van der Waals surface area contributed by atoms with E-state index >= 15 is 0 Å². The number of nitrogens with one attached hydrogen (secondary N) is 1. The minimum absolute atomic E-state index is 0.0481. The largest absolute Gasteiger partial charge is 0.437 e. The number of rotatable bonds is 7. The Morgan fingerprint density at radius 1 is 1.38 bits per heavy atom. The van der Waals surface area contributed by atoms with Gasteiger partial charge >= 0.3 is 6.61 Å². The van der Waals surface area contributed by atoms with Crippen molar-refractivity contribution in [2.45, 2.75) is 38.6 Å². The van der Waals surface area contributed by atoms with Gasteiger partial charge in [-0.1, -0.05) is 30.0 Å². The first-order chi connectivity index (χ1) is 11.4. The molecule has 1 heterocycles. The normalized spacial score (nSPS) is 12.2. The zero-order chi connectivity index (χ0) is 17.7. The summed E-state index contributed by atoms with van der Waals surface area (Å²) < 4.78 is 34.7. The number of alkyl halides is 2. The number of oxazole rings is 1. The van der Waals surface area contributed by atoms with Gasteiger partial charge in [-0.2, -0.15) is 8.78 Å². The Morgan fingerprint density at radius 3 is 2.71 bits per heavy atom. The van der Waals surface area contributed by atoms with Crippen LogP contribution in [0.3, 0.4) is 0 Å². The van der Waals surface area contributed by atoms with Crippen LogP contribution in [0.4, 0.5) is 8.78 Å². The molecule has 0 spiro atoms. The highest BCUT2D eigenvalue weighted by molar-refractivity contribution is 7.99. The fraction of sp³-hybridized carbons (Fsp3) is 0.375. The summed E-state index contributed by atoms with van der Waals surface area (Å²) in [7, 11) is 0. The molecule has 2 rings (SSSR count). The molecule has 1 N–H and O–H groups in total. The molecular weight excluding hydrogens is 338 g/mol. The van der Waals surface area contributed by atoms with Gasteiger partial charge in [0.1, 0.15) is 11.5 Å². The highest BCUT2D eigenvalue weighted by atomic mass is 32.2. The molecule has 0 aliphatic rings. The van der Waals surface area contributed by atoms with Crippen LogP contribution in [0, 0.1) is 13.8 Å². The van der Waals surface area contributed by atoms with Crippen molar-refractivity contribution >= 4 is 17.7 Å². The number of para-hydroxylation sites is 1. The molecule has 0 saturated carbocycles. The molecule has 0 aliphatic heterocycles. The number of aromatic nitrogens is 1. The molecule has 0 bridgehead atoms. The van der Waals surface area contributed by atoms with Crippen molar-refractivity contribution in [1.29, 1.82) is 0 Å². The Bertz CT molecular complexity index is 687. The molecule has 2 aromatic rings. The van der Waals surface area contributed by atoms with Gasteiger partial charge in [0.25, 0.3) is 5.22 Å². The number of carbonyl (C=O) groups excluding carboxylic acids is 1. The van der Waals surface area contributed by atoms with Crippen LogP contribution in [0.5, 0.6) is 5.75 Å². The minimum atomic E-state index is -2.92. The Kier molecular flexibility index (Phi) is 6.19. The average Bonchev–Trinajstić information content (AvgIpc) is 2.83. The molecule has 130 valence electrons. The van der Waals surface area contributed by atoms with Crippen molar-refractivity contribution < 1.29 is 22.7 Å². The maximum atomic E-state index is 12.4. The predicted octanol–water partition coefficient (Wildman–Crippen LogP) is 3.86. The first kappa shape index (κ1) is 18.3. The summed E-state index contributed by atoms with van der Waals surface area (Å²) in [4.78, 5) is 16.2. The highest BCUT2D eigenvalue weighted by Crippen LogP contribution is 2.26. The zero-order valence-corrected chi connectivity index (χ0v) is 14.3. The van der Waals surface area contributed by atoms with Crippen LogP contribution in [-0.4, -0.2) is 23.3 Å². The first-order valence-electron chi connectivity index (χ1n) is 7.26. The van der Waals surface area contributed by atoms with Crippen LogP contribution < -0.4 is 10.1 Å². The smallest absolute Gasteiger partial charge is 0.387 e. The molecule has 0 saturated heterocycles. The fourth-order valence-corrected chi connectivity index (χ4v) is 2.76. The standard InChI is InChI=1S/C16H18F2N2O3S/c1-9-11(3)22-16(20-9)24-8-14(21)19-10(2)12-6-4-5-7-13(12)23-15(17)18/h4-7,10,15H,8H2,1-3H3,(H,19,21). The summed E-state index contributed by atoms with van der Waals surface area (Å²) in [6.07, 6.45) is 0. The van der Waals surface area contributed by atoms with Gasteiger partial charge in [-0.05, 0) is 26.8 Å². The third-order valence-corrected chi connectivity index (χ3v) is 4.14. The van der Waals surface area contributed by atoms with Crippen molar-refractivity contribution in [3.8, 4) is 5.75 Å². The minimum Gasteiger partial charge on any atom is -0.437 e. The fourth-order valence-electron chi connectivity index (χ4n) is 2.03. The summed E-state index contributed by atoms with van der Waals surface area (Å²) in [5.41, 5.74) is 1.27. The second-order valence-corrected chi connectivity index (χ2v) is 6.04. The zero-order valence-electron chi connectivity index (χ0n) is 13.5. The molecule has 24 heavy (non-hydrogen) atoms. The van der Waals surface area contributed by atoms with E-state index in [-0.39, 0.29) is 17.4 Å². The van der Waals surface area contributed by atoms with Crippen LogP contribution in [0.2, 0.25) is 0 Å². The number of benzene rings is 1. The lowest BCUT2D eigenvalue weighted by Crippen LogP contribution is -2.28. The summed E-state index contributed by atoms with van der Waals surface area (Å²) >= 11 is 1.17. The van der Waals surface area contributed by atoms with Gasteiger partial charge in [0.15, 0.2) is 0 Å². The first-order valence-corrected chi connectivity index (χ1v) is 8.25. The molecule has 1 atom stereocenters. The van der Waals surface area contributed by atoms with Crippen molar-refractivity contribution in [3.63, 3.8) is 0 Å². The number of carbonyl (C=O) groups is 1. The van der Waals surface area contributed by atoms with Crippen molar-refractivity contribution in [2.75, 3.05) is 5.75 Å². The maximum absolute atomic E-state index is 12.4. The SMILES string of the molecule is Cc1nc(SCC(=O)NC(C)c2ccccc2OC(F)F)oc1C. The van der Waals surface area contributed by atoms with Gasteiger partial charge in [-0.15, -0.1) is 0 Å². The topological polar surface area (TPSA) is 64.4 Å². The van der Waals surface area contributed by atoms with E-state index in [2.05, 4.69) is 15.0 Å². The molecule has 0 fully saturated rings. The van der Waals surface area contributed by atoms with E-state index in [0.29, 0.717) is 16.5 Å². The van der Waals surface area contributed by atoms with Crippen LogP contribution >= 0.6 is 11.8 Å². The quantitative estimate of drug-likeness (QED) is 0.763. The second kappa shape index (κ2) is 8.14. The van der Waals surface area contributed by atoms with E-state index in [1.165, 1.54) is 17.8 Å². The molecule has 0 radical (unpaired) electrons. The number of nitrogens with zero attached hydrogens (tertiary/aromatic N) is 1. The average molecular weight is 356 g/mol. The molecule has 8 heteroatoms. The number of aryl methyl sites for hydroxylation is 2. The Morgan fingerprint density at radius 2 is 2.08 bits per heavy atom. The predicted molar refractivity (Wildman–Crippen MR) is 86.3 cm³/mol. The maximum Gasteiger partial charge on any atom is 0.387 e. The molecule has 0 aliphatic carbocycles. The molecular formula is C16H18F2N2O3S. The van der Waals surface area contributed by atoms with Gasteiger partial charge in [-0.3, -0.25) is 4.79 Å².